The molecule has 0 aromatic heterocycles. The molecular weight excluding hydrogens is 363 g/mol. The van der Waals surface area contributed by atoms with E-state index in [-0.39, 0.29) is 24.3 Å². The van der Waals surface area contributed by atoms with Gasteiger partial charge in [-0.2, -0.15) is 13.2 Å². The number of amides is 1. The fourth-order valence-corrected chi connectivity index (χ4v) is 2.36. The van der Waals surface area contributed by atoms with Crippen LogP contribution in [0.3, 0.4) is 0 Å². The first-order valence-corrected chi connectivity index (χ1v) is 7.99. The molecule has 2 aromatic rings. The highest BCUT2D eigenvalue weighted by Gasteiger charge is 2.27. The maximum atomic E-state index is 12.2. The fraction of sp³-hybridized carbons (Fsp3) is 0.263. The number of hydrogen-bond acceptors (Lipinski definition) is 3. The van der Waals surface area contributed by atoms with Gasteiger partial charge in [0, 0.05) is 12.1 Å². The SMILES string of the molecule is Cc1cc(C(=O)O)cc(C(=O)NCc2ccc(COCC(F)(F)F)cc2)c1. The molecule has 8 heteroatoms. The Morgan fingerprint density at radius 2 is 1.63 bits per heavy atom. The molecule has 0 fully saturated rings. The largest absolute Gasteiger partial charge is 0.478 e. The van der Waals surface area contributed by atoms with E-state index in [9.17, 15) is 22.8 Å². The molecule has 0 atom stereocenters. The molecule has 5 nitrogen and oxygen atoms in total. The van der Waals surface area contributed by atoms with E-state index in [4.69, 9.17) is 5.11 Å². The smallest absolute Gasteiger partial charge is 0.411 e. The number of alkyl halides is 3. The Kier molecular flexibility index (Phi) is 6.57. The second kappa shape index (κ2) is 8.68. The van der Waals surface area contributed by atoms with Gasteiger partial charge in [0.1, 0.15) is 6.61 Å². The summed E-state index contributed by atoms with van der Waals surface area (Å²) in [5.41, 5.74) is 2.25. The van der Waals surface area contributed by atoms with Crippen LogP contribution in [-0.2, 0) is 17.9 Å². The first kappa shape index (κ1) is 20.4. The van der Waals surface area contributed by atoms with Crippen LogP contribution in [0.15, 0.2) is 42.5 Å². The van der Waals surface area contributed by atoms with Gasteiger partial charge in [-0.15, -0.1) is 0 Å². The number of carboxylic acids is 1. The van der Waals surface area contributed by atoms with Crippen LogP contribution < -0.4 is 5.32 Å². The average Bonchev–Trinajstić information content (AvgIpc) is 2.59. The molecular formula is C19H18F3NO4. The van der Waals surface area contributed by atoms with E-state index in [1.54, 1.807) is 37.3 Å². The molecule has 0 unspecified atom stereocenters. The third-order valence-electron chi connectivity index (χ3n) is 3.60. The average molecular weight is 381 g/mol. The summed E-state index contributed by atoms with van der Waals surface area (Å²) < 4.78 is 40.7. The van der Waals surface area contributed by atoms with Gasteiger partial charge >= 0.3 is 12.1 Å². The molecule has 144 valence electrons. The summed E-state index contributed by atoms with van der Waals surface area (Å²) in [6.45, 7) is 0.425. The number of ether oxygens (including phenoxy) is 1. The highest BCUT2D eigenvalue weighted by Crippen LogP contribution is 2.16. The number of rotatable bonds is 7. The van der Waals surface area contributed by atoms with Crippen LogP contribution in [0, 0.1) is 6.92 Å². The molecule has 1 amide bonds. The molecule has 0 radical (unpaired) electrons. The topological polar surface area (TPSA) is 75.6 Å². The van der Waals surface area contributed by atoms with Gasteiger partial charge < -0.3 is 15.2 Å². The summed E-state index contributed by atoms with van der Waals surface area (Å²) in [5.74, 6) is -1.53. The van der Waals surface area contributed by atoms with Gasteiger partial charge in [-0.1, -0.05) is 24.3 Å². The minimum absolute atomic E-state index is 0.0309. The van der Waals surface area contributed by atoms with Crippen LogP contribution in [0.25, 0.3) is 0 Å². The molecule has 2 aromatic carbocycles. The standard InChI is InChI=1S/C19H18F3NO4/c1-12-6-15(8-16(7-12)18(25)26)17(24)23-9-13-2-4-14(5-3-13)10-27-11-19(20,21)22/h2-8H,9-11H2,1H3,(H,23,24)(H,25,26). The van der Waals surface area contributed by atoms with E-state index >= 15 is 0 Å². The number of aromatic carboxylic acids is 1. The zero-order chi connectivity index (χ0) is 20.0. The molecule has 0 saturated heterocycles. The van der Waals surface area contributed by atoms with Crippen LogP contribution >= 0.6 is 0 Å². The summed E-state index contributed by atoms with van der Waals surface area (Å²) in [5, 5.41) is 11.7. The predicted octanol–water partition coefficient (Wildman–Crippen LogP) is 3.70. The molecule has 0 bridgehead atoms. The molecule has 0 aliphatic rings. The molecule has 2 N–H and O–H groups in total. The third-order valence-corrected chi connectivity index (χ3v) is 3.60. The lowest BCUT2D eigenvalue weighted by atomic mass is 10.1. The van der Waals surface area contributed by atoms with Crippen LogP contribution in [0.2, 0.25) is 0 Å². The van der Waals surface area contributed by atoms with Gasteiger partial charge in [0.05, 0.1) is 12.2 Å². The summed E-state index contributed by atoms with van der Waals surface area (Å²) >= 11 is 0. The number of aryl methyl sites for hydroxylation is 1. The molecule has 0 saturated carbocycles. The Balaban J connectivity index is 1.91. The van der Waals surface area contributed by atoms with Crippen molar-refractivity contribution in [3.05, 3.63) is 70.3 Å². The highest BCUT2D eigenvalue weighted by atomic mass is 19.4. The van der Waals surface area contributed by atoms with Crippen molar-refractivity contribution in [3.8, 4) is 0 Å². The lowest BCUT2D eigenvalue weighted by Crippen LogP contribution is -2.23. The van der Waals surface area contributed by atoms with Crippen molar-refractivity contribution in [3.63, 3.8) is 0 Å². The van der Waals surface area contributed by atoms with Crippen LogP contribution in [0.5, 0.6) is 0 Å². The summed E-state index contributed by atoms with van der Waals surface area (Å²) in [6.07, 6.45) is -4.36. The van der Waals surface area contributed by atoms with Crippen molar-refractivity contribution >= 4 is 11.9 Å². The highest BCUT2D eigenvalue weighted by molar-refractivity contribution is 5.97. The van der Waals surface area contributed by atoms with E-state index in [2.05, 4.69) is 10.1 Å². The maximum Gasteiger partial charge on any atom is 0.411 e. The third kappa shape index (κ3) is 6.74. The van der Waals surface area contributed by atoms with Gasteiger partial charge in [0.15, 0.2) is 0 Å². The van der Waals surface area contributed by atoms with Gasteiger partial charge in [-0.05, 0) is 41.8 Å². The zero-order valence-corrected chi connectivity index (χ0v) is 14.5. The lowest BCUT2D eigenvalue weighted by molar-refractivity contribution is -0.176. The predicted molar refractivity (Wildman–Crippen MR) is 91.5 cm³/mol. The van der Waals surface area contributed by atoms with Crippen molar-refractivity contribution < 1.29 is 32.6 Å². The number of carboxylic acid groups (broad SMARTS) is 1. The molecule has 0 spiro atoms. The zero-order valence-electron chi connectivity index (χ0n) is 14.5. The minimum atomic E-state index is -4.36. The molecule has 0 aliphatic heterocycles. The first-order valence-electron chi connectivity index (χ1n) is 7.99. The van der Waals surface area contributed by atoms with E-state index < -0.39 is 24.7 Å². The Bertz CT molecular complexity index is 817. The number of nitrogens with one attached hydrogen (secondary N) is 1. The van der Waals surface area contributed by atoms with Crippen molar-refractivity contribution in [2.24, 2.45) is 0 Å². The summed E-state index contributed by atoms with van der Waals surface area (Å²) in [6, 6.07) is 10.9. The maximum absolute atomic E-state index is 12.2. The van der Waals surface area contributed by atoms with Crippen molar-refractivity contribution in [2.75, 3.05) is 6.61 Å². The van der Waals surface area contributed by atoms with Crippen molar-refractivity contribution in [1.29, 1.82) is 0 Å². The second-order valence-corrected chi connectivity index (χ2v) is 6.00. The first-order chi connectivity index (χ1) is 12.6. The Hall–Kier alpha value is -2.87. The summed E-state index contributed by atoms with van der Waals surface area (Å²) in [4.78, 5) is 23.3. The number of benzene rings is 2. The summed E-state index contributed by atoms with van der Waals surface area (Å²) in [7, 11) is 0. The van der Waals surface area contributed by atoms with Crippen LogP contribution in [0.1, 0.15) is 37.4 Å². The normalized spacial score (nSPS) is 11.3. The quantitative estimate of drug-likeness (QED) is 0.767. The Morgan fingerprint density at radius 1 is 1.04 bits per heavy atom. The minimum Gasteiger partial charge on any atom is -0.478 e. The van der Waals surface area contributed by atoms with E-state index in [0.717, 1.165) is 5.56 Å². The van der Waals surface area contributed by atoms with Gasteiger partial charge in [-0.3, -0.25) is 4.79 Å². The number of carbonyl (C=O) groups excluding carboxylic acids is 1. The Morgan fingerprint density at radius 3 is 2.22 bits per heavy atom. The van der Waals surface area contributed by atoms with Crippen molar-refractivity contribution in [2.45, 2.75) is 26.3 Å². The van der Waals surface area contributed by atoms with E-state index in [1.807, 2.05) is 0 Å². The fourth-order valence-electron chi connectivity index (χ4n) is 2.36. The Labute approximate surface area is 153 Å². The lowest BCUT2D eigenvalue weighted by Gasteiger charge is -2.09. The number of halogens is 3. The molecule has 0 heterocycles. The molecule has 0 aliphatic carbocycles. The monoisotopic (exact) mass is 381 g/mol. The van der Waals surface area contributed by atoms with Crippen LogP contribution in [-0.4, -0.2) is 29.8 Å². The molecule has 27 heavy (non-hydrogen) atoms. The van der Waals surface area contributed by atoms with Gasteiger partial charge in [0.2, 0.25) is 0 Å². The van der Waals surface area contributed by atoms with E-state index in [1.165, 1.54) is 12.1 Å². The van der Waals surface area contributed by atoms with Crippen molar-refractivity contribution in [1.82, 2.24) is 5.32 Å². The van der Waals surface area contributed by atoms with Gasteiger partial charge in [-0.25, -0.2) is 4.79 Å². The van der Waals surface area contributed by atoms with Crippen LogP contribution in [0.4, 0.5) is 13.2 Å². The number of hydrogen-bond donors (Lipinski definition) is 2. The second-order valence-electron chi connectivity index (χ2n) is 6.00. The van der Waals surface area contributed by atoms with E-state index in [0.29, 0.717) is 11.1 Å². The number of carbonyl (C=O) groups is 2. The molecule has 2 rings (SSSR count). The van der Waals surface area contributed by atoms with Gasteiger partial charge in [0.25, 0.3) is 5.91 Å².